The van der Waals surface area contributed by atoms with Crippen molar-refractivity contribution < 1.29 is 14.3 Å². The number of benzene rings is 1. The molecule has 4 aliphatic carbocycles. The zero-order valence-corrected chi connectivity index (χ0v) is 17.2. The fourth-order valence-corrected chi connectivity index (χ4v) is 6.07. The maximum absolute atomic E-state index is 12.9. The molecule has 152 valence electrons. The zero-order valence-electron chi connectivity index (χ0n) is 17.2. The van der Waals surface area contributed by atoms with Crippen molar-refractivity contribution in [1.29, 1.82) is 0 Å². The molecule has 0 atom stereocenters. The number of amides is 2. The zero-order chi connectivity index (χ0) is 19.9. The van der Waals surface area contributed by atoms with E-state index in [-0.39, 0.29) is 23.8 Å². The van der Waals surface area contributed by atoms with Crippen LogP contribution >= 0.6 is 0 Å². The van der Waals surface area contributed by atoms with Crippen LogP contribution in [0, 0.1) is 30.1 Å². The quantitative estimate of drug-likeness (QED) is 0.758. The molecule has 4 bridgehead atoms. The van der Waals surface area contributed by atoms with E-state index in [1.165, 1.54) is 19.3 Å². The van der Waals surface area contributed by atoms with Crippen molar-refractivity contribution in [3.8, 4) is 5.75 Å². The van der Waals surface area contributed by atoms with E-state index in [1.807, 2.05) is 25.1 Å². The summed E-state index contributed by atoms with van der Waals surface area (Å²) in [5.74, 6) is 2.82. The lowest BCUT2D eigenvalue weighted by Gasteiger charge is -2.55. The summed E-state index contributed by atoms with van der Waals surface area (Å²) in [6.45, 7) is 6.10. The summed E-state index contributed by atoms with van der Waals surface area (Å²) in [7, 11) is 0. The Morgan fingerprint density at radius 3 is 2.25 bits per heavy atom. The van der Waals surface area contributed by atoms with Gasteiger partial charge in [-0.1, -0.05) is 26.0 Å². The van der Waals surface area contributed by atoms with Crippen molar-refractivity contribution in [3.05, 3.63) is 29.3 Å². The minimum Gasteiger partial charge on any atom is -0.483 e. The first kappa shape index (κ1) is 19.3. The Morgan fingerprint density at radius 2 is 1.68 bits per heavy atom. The maximum atomic E-state index is 12.9. The first-order chi connectivity index (χ1) is 13.3. The molecular weight excluding hydrogens is 352 g/mol. The normalized spacial score (nSPS) is 30.4. The van der Waals surface area contributed by atoms with E-state index in [2.05, 4.69) is 24.7 Å². The van der Waals surface area contributed by atoms with Gasteiger partial charge in [-0.2, -0.15) is 0 Å². The molecule has 1 aromatic rings. The molecule has 0 radical (unpaired) electrons. The first-order valence-electron chi connectivity index (χ1n) is 10.7. The molecule has 2 amide bonds. The molecule has 4 saturated carbocycles. The van der Waals surface area contributed by atoms with E-state index >= 15 is 0 Å². The van der Waals surface area contributed by atoms with Gasteiger partial charge in [0.05, 0.1) is 5.41 Å². The number of hydrogen-bond donors (Lipinski definition) is 2. The molecule has 28 heavy (non-hydrogen) atoms. The highest BCUT2D eigenvalue weighted by Crippen LogP contribution is 2.60. The molecule has 0 spiro atoms. The van der Waals surface area contributed by atoms with Crippen LogP contribution in [0.25, 0.3) is 0 Å². The van der Waals surface area contributed by atoms with Crippen LogP contribution in [-0.2, 0) is 9.59 Å². The second kappa shape index (κ2) is 7.41. The van der Waals surface area contributed by atoms with Gasteiger partial charge >= 0.3 is 0 Å². The Bertz CT molecular complexity index is 736. The topological polar surface area (TPSA) is 67.4 Å². The summed E-state index contributed by atoms with van der Waals surface area (Å²) in [5, 5.41) is 0. The predicted octanol–water partition coefficient (Wildman–Crippen LogP) is 3.86. The van der Waals surface area contributed by atoms with Gasteiger partial charge in [0.15, 0.2) is 6.61 Å². The van der Waals surface area contributed by atoms with Gasteiger partial charge in [0, 0.05) is 0 Å². The Labute approximate surface area is 167 Å². The van der Waals surface area contributed by atoms with Gasteiger partial charge in [0.2, 0.25) is 5.91 Å². The molecule has 4 aliphatic rings. The number of aryl methyl sites for hydroxylation is 1. The monoisotopic (exact) mass is 384 g/mol. The number of carbonyl (C=O) groups is 2. The lowest BCUT2D eigenvalue weighted by Crippen LogP contribution is -2.57. The number of hydrazine groups is 1. The van der Waals surface area contributed by atoms with Gasteiger partial charge < -0.3 is 4.74 Å². The third kappa shape index (κ3) is 3.76. The van der Waals surface area contributed by atoms with Gasteiger partial charge in [0.25, 0.3) is 5.91 Å². The van der Waals surface area contributed by atoms with E-state index in [1.54, 1.807) is 0 Å². The third-order valence-corrected chi connectivity index (χ3v) is 6.99. The summed E-state index contributed by atoms with van der Waals surface area (Å²) in [6.07, 6.45) is 6.83. The Balaban J connectivity index is 1.31. The van der Waals surface area contributed by atoms with Crippen molar-refractivity contribution in [3.63, 3.8) is 0 Å². The lowest BCUT2D eigenvalue weighted by atomic mass is 9.49. The second-order valence-corrected chi connectivity index (χ2v) is 9.68. The van der Waals surface area contributed by atoms with Crippen LogP contribution < -0.4 is 15.6 Å². The largest absolute Gasteiger partial charge is 0.483 e. The fourth-order valence-electron chi connectivity index (χ4n) is 6.07. The predicted molar refractivity (Wildman–Crippen MR) is 108 cm³/mol. The summed E-state index contributed by atoms with van der Waals surface area (Å²) in [6, 6.07) is 6.05. The average Bonchev–Trinajstić information content (AvgIpc) is 2.63. The molecule has 1 aromatic carbocycles. The highest BCUT2D eigenvalue weighted by Gasteiger charge is 2.54. The molecule has 5 rings (SSSR count). The van der Waals surface area contributed by atoms with Gasteiger partial charge in [-0.3, -0.25) is 20.4 Å². The summed E-state index contributed by atoms with van der Waals surface area (Å²) >= 11 is 0. The molecule has 0 heterocycles. The van der Waals surface area contributed by atoms with Crippen molar-refractivity contribution in [2.24, 2.45) is 23.2 Å². The summed E-state index contributed by atoms with van der Waals surface area (Å²) < 4.78 is 5.76. The fraction of sp³-hybridized carbons (Fsp3) is 0.652. The second-order valence-electron chi connectivity index (χ2n) is 9.68. The number of rotatable bonds is 5. The highest BCUT2D eigenvalue weighted by atomic mass is 16.5. The van der Waals surface area contributed by atoms with E-state index in [9.17, 15) is 9.59 Å². The lowest BCUT2D eigenvalue weighted by molar-refractivity contribution is -0.149. The molecule has 0 aliphatic heterocycles. The van der Waals surface area contributed by atoms with Crippen LogP contribution in [0.2, 0.25) is 0 Å². The minimum absolute atomic E-state index is 0.00150. The maximum Gasteiger partial charge on any atom is 0.276 e. The average molecular weight is 385 g/mol. The molecule has 4 fully saturated rings. The Hall–Kier alpha value is -2.04. The van der Waals surface area contributed by atoms with E-state index in [0.717, 1.165) is 36.1 Å². The van der Waals surface area contributed by atoms with Gasteiger partial charge in [-0.25, -0.2) is 0 Å². The van der Waals surface area contributed by atoms with Crippen LogP contribution in [0.4, 0.5) is 0 Å². The molecule has 0 unspecified atom stereocenters. The van der Waals surface area contributed by atoms with Gasteiger partial charge in [-0.05, 0) is 86.3 Å². The minimum atomic E-state index is -0.325. The van der Waals surface area contributed by atoms with Crippen LogP contribution in [0.15, 0.2) is 18.2 Å². The molecule has 2 N–H and O–H groups in total. The van der Waals surface area contributed by atoms with E-state index < -0.39 is 0 Å². The number of carbonyl (C=O) groups excluding carboxylic acids is 2. The molecule has 0 aromatic heterocycles. The van der Waals surface area contributed by atoms with Crippen molar-refractivity contribution in [1.82, 2.24) is 10.9 Å². The molecule has 0 saturated heterocycles. The summed E-state index contributed by atoms with van der Waals surface area (Å²) in [5.41, 5.74) is 7.20. The van der Waals surface area contributed by atoms with Crippen LogP contribution in [0.3, 0.4) is 0 Å². The number of hydrogen-bond acceptors (Lipinski definition) is 3. The summed E-state index contributed by atoms with van der Waals surface area (Å²) in [4.78, 5) is 25.2. The van der Waals surface area contributed by atoms with Crippen LogP contribution in [0.5, 0.6) is 5.75 Å². The van der Waals surface area contributed by atoms with Crippen molar-refractivity contribution in [2.75, 3.05) is 6.61 Å². The van der Waals surface area contributed by atoms with Crippen LogP contribution in [-0.4, -0.2) is 18.4 Å². The number of ether oxygens (including phenoxy) is 1. The first-order valence-corrected chi connectivity index (χ1v) is 10.7. The SMILES string of the molecule is Cc1ccc(C(C)C)c(OCC(=O)NNC(=O)C23CC4CC(CC(C4)C2)C3)c1. The van der Waals surface area contributed by atoms with Crippen molar-refractivity contribution in [2.45, 2.75) is 65.2 Å². The van der Waals surface area contributed by atoms with E-state index in [4.69, 9.17) is 4.74 Å². The van der Waals surface area contributed by atoms with E-state index in [0.29, 0.717) is 23.7 Å². The molecule has 5 heteroatoms. The standard InChI is InChI=1S/C23H32N2O3/c1-14(2)19-5-4-15(3)6-20(19)28-13-21(26)24-25-22(27)23-10-16-7-17(11-23)9-18(8-16)12-23/h4-6,14,16-18H,7-13H2,1-3H3,(H,24,26)(H,25,27). The third-order valence-electron chi connectivity index (χ3n) is 6.99. The van der Waals surface area contributed by atoms with Crippen LogP contribution in [0.1, 0.15) is 69.4 Å². The Morgan fingerprint density at radius 1 is 1.07 bits per heavy atom. The van der Waals surface area contributed by atoms with Crippen molar-refractivity contribution >= 4 is 11.8 Å². The highest BCUT2D eigenvalue weighted by molar-refractivity contribution is 5.86. The van der Waals surface area contributed by atoms with Gasteiger partial charge in [0.1, 0.15) is 5.75 Å². The van der Waals surface area contributed by atoms with Gasteiger partial charge in [-0.15, -0.1) is 0 Å². The number of nitrogens with one attached hydrogen (secondary N) is 2. The molecular formula is C23H32N2O3. The Kier molecular flexibility index (Phi) is 5.11. The molecule has 5 nitrogen and oxygen atoms in total. The smallest absolute Gasteiger partial charge is 0.276 e.